The quantitative estimate of drug-likeness (QED) is 0.920. The number of carbonyl (C=O) groups is 1. The summed E-state index contributed by atoms with van der Waals surface area (Å²) in [5, 5.41) is 0.206. The van der Waals surface area contributed by atoms with E-state index in [9.17, 15) is 9.18 Å². The molecule has 0 radical (unpaired) electrons. The third kappa shape index (κ3) is 2.99. The van der Waals surface area contributed by atoms with Gasteiger partial charge in [-0.2, -0.15) is 0 Å². The molecule has 2 aromatic heterocycles. The van der Waals surface area contributed by atoms with E-state index in [1.807, 2.05) is 13.8 Å². The molecule has 1 amide bonds. The van der Waals surface area contributed by atoms with Crippen LogP contribution in [0.3, 0.4) is 0 Å². The number of primary amides is 1. The molecule has 0 fully saturated rings. The van der Waals surface area contributed by atoms with Gasteiger partial charge in [-0.25, -0.2) is 9.37 Å². The highest BCUT2D eigenvalue weighted by molar-refractivity contribution is 6.30. The third-order valence-corrected chi connectivity index (χ3v) is 4.24. The average Bonchev–Trinajstić information content (AvgIpc) is 2.53. The Kier molecular flexibility index (Phi) is 4.51. The minimum absolute atomic E-state index is 0.0437. The second-order valence-corrected chi connectivity index (χ2v) is 6.25. The molecule has 7 heteroatoms. The summed E-state index contributed by atoms with van der Waals surface area (Å²) in [6.07, 6.45) is 2.30. The predicted octanol–water partition coefficient (Wildman–Crippen LogP) is 3.45. The number of aromatic nitrogens is 2. The first-order valence-corrected chi connectivity index (χ1v) is 8.09. The van der Waals surface area contributed by atoms with Crippen LogP contribution in [0.4, 0.5) is 4.39 Å². The maximum absolute atomic E-state index is 14.4. The highest BCUT2D eigenvalue weighted by Gasteiger charge is 2.30. The Balaban J connectivity index is 2.28. The zero-order valence-electron chi connectivity index (χ0n) is 13.3. The van der Waals surface area contributed by atoms with Crippen LogP contribution in [0, 0.1) is 5.82 Å². The predicted molar refractivity (Wildman–Crippen MR) is 88.2 cm³/mol. The Bertz CT molecular complexity index is 813. The van der Waals surface area contributed by atoms with Crippen LogP contribution >= 0.6 is 11.6 Å². The monoisotopic (exact) mass is 349 g/mol. The summed E-state index contributed by atoms with van der Waals surface area (Å²) in [6.45, 7) is 3.91. The SMILES string of the molecule is CC[C@H]1O[C@@H](C)Cc2c(-c3ncc(Cl)cc3F)cc(C(N)=O)nc21. The number of halogens is 2. The van der Waals surface area contributed by atoms with Gasteiger partial charge in [-0.3, -0.25) is 9.78 Å². The van der Waals surface area contributed by atoms with Gasteiger partial charge in [0.25, 0.3) is 5.91 Å². The fourth-order valence-corrected chi connectivity index (χ4v) is 3.14. The van der Waals surface area contributed by atoms with Crippen LogP contribution in [0.25, 0.3) is 11.3 Å². The summed E-state index contributed by atoms with van der Waals surface area (Å²) in [7, 11) is 0. The Morgan fingerprint density at radius 1 is 1.50 bits per heavy atom. The first-order chi connectivity index (χ1) is 11.4. The van der Waals surface area contributed by atoms with Crippen LogP contribution in [0.5, 0.6) is 0 Å². The van der Waals surface area contributed by atoms with Crippen molar-refractivity contribution in [3.05, 3.63) is 46.1 Å². The van der Waals surface area contributed by atoms with Gasteiger partial charge >= 0.3 is 0 Å². The number of nitrogens with zero attached hydrogens (tertiary/aromatic N) is 2. The Labute approximate surface area is 144 Å². The Hall–Kier alpha value is -2.05. The standard InChI is InChI=1S/C17H17ClFN3O2/c1-3-14-16-10(4-8(2)24-14)11(6-13(22-16)17(20)23)15-12(19)5-9(18)7-21-15/h5-8,14H,3-4H2,1-2H3,(H2,20,23)/t8-,14+/m0/s1. The molecule has 3 rings (SSSR count). The largest absolute Gasteiger partial charge is 0.369 e. The van der Waals surface area contributed by atoms with Gasteiger partial charge < -0.3 is 10.5 Å². The van der Waals surface area contributed by atoms with Gasteiger partial charge in [-0.05, 0) is 31.0 Å². The van der Waals surface area contributed by atoms with E-state index in [4.69, 9.17) is 22.1 Å². The Morgan fingerprint density at radius 3 is 2.88 bits per heavy atom. The number of hydrogen-bond acceptors (Lipinski definition) is 4. The molecule has 1 aliphatic rings. The maximum Gasteiger partial charge on any atom is 0.267 e. The lowest BCUT2D eigenvalue weighted by molar-refractivity contribution is -0.0199. The number of amides is 1. The lowest BCUT2D eigenvalue weighted by Gasteiger charge is -2.30. The van der Waals surface area contributed by atoms with Gasteiger partial charge in [0.2, 0.25) is 0 Å². The molecule has 2 aromatic rings. The molecule has 2 N–H and O–H groups in total. The lowest BCUT2D eigenvalue weighted by Crippen LogP contribution is -2.27. The number of pyridine rings is 2. The molecule has 2 atom stereocenters. The van der Waals surface area contributed by atoms with Crippen molar-refractivity contribution >= 4 is 17.5 Å². The molecule has 24 heavy (non-hydrogen) atoms. The summed E-state index contributed by atoms with van der Waals surface area (Å²) >= 11 is 5.79. The van der Waals surface area contributed by atoms with Gasteiger partial charge in [0.1, 0.15) is 11.4 Å². The minimum Gasteiger partial charge on any atom is -0.369 e. The summed E-state index contributed by atoms with van der Waals surface area (Å²) in [5.41, 5.74) is 7.55. The number of fused-ring (bicyclic) bond motifs is 1. The number of rotatable bonds is 3. The van der Waals surface area contributed by atoms with Crippen LogP contribution in [-0.4, -0.2) is 22.0 Å². The molecule has 0 spiro atoms. The van der Waals surface area contributed by atoms with Crippen LogP contribution in [0.15, 0.2) is 18.3 Å². The third-order valence-electron chi connectivity index (χ3n) is 4.04. The Morgan fingerprint density at radius 2 is 2.25 bits per heavy atom. The maximum atomic E-state index is 14.4. The van der Waals surface area contributed by atoms with Gasteiger partial charge in [-0.1, -0.05) is 18.5 Å². The van der Waals surface area contributed by atoms with E-state index in [1.54, 1.807) is 0 Å². The topological polar surface area (TPSA) is 78.1 Å². The summed E-state index contributed by atoms with van der Waals surface area (Å²) in [5.74, 6) is -1.24. The van der Waals surface area contributed by atoms with Crippen LogP contribution in [0.2, 0.25) is 5.02 Å². The fraction of sp³-hybridized carbons (Fsp3) is 0.353. The first kappa shape index (κ1) is 16.8. The van der Waals surface area contributed by atoms with Gasteiger partial charge in [0.15, 0.2) is 5.82 Å². The smallest absolute Gasteiger partial charge is 0.267 e. The minimum atomic E-state index is -0.679. The van der Waals surface area contributed by atoms with Crippen molar-refractivity contribution in [1.29, 1.82) is 0 Å². The zero-order valence-corrected chi connectivity index (χ0v) is 14.1. The van der Waals surface area contributed by atoms with Crippen molar-refractivity contribution in [1.82, 2.24) is 9.97 Å². The first-order valence-electron chi connectivity index (χ1n) is 7.71. The molecule has 0 saturated carbocycles. The highest BCUT2D eigenvalue weighted by atomic mass is 35.5. The van der Waals surface area contributed by atoms with E-state index in [-0.39, 0.29) is 28.6 Å². The molecule has 126 valence electrons. The average molecular weight is 350 g/mol. The van der Waals surface area contributed by atoms with Crippen molar-refractivity contribution < 1.29 is 13.9 Å². The summed E-state index contributed by atoms with van der Waals surface area (Å²) < 4.78 is 20.3. The van der Waals surface area contributed by atoms with Crippen molar-refractivity contribution in [3.63, 3.8) is 0 Å². The molecule has 1 aliphatic heterocycles. The van der Waals surface area contributed by atoms with Crippen LogP contribution < -0.4 is 5.73 Å². The van der Waals surface area contributed by atoms with Gasteiger partial charge in [0.05, 0.1) is 22.9 Å². The molecule has 0 bridgehead atoms. The van der Waals surface area contributed by atoms with Gasteiger partial charge in [-0.15, -0.1) is 0 Å². The molecule has 0 aliphatic carbocycles. The molecule has 3 heterocycles. The number of ether oxygens (including phenoxy) is 1. The van der Waals surface area contributed by atoms with E-state index in [0.717, 1.165) is 5.56 Å². The highest BCUT2D eigenvalue weighted by Crippen LogP contribution is 2.37. The van der Waals surface area contributed by atoms with Crippen molar-refractivity contribution in [3.8, 4) is 11.3 Å². The van der Waals surface area contributed by atoms with Crippen molar-refractivity contribution in [2.24, 2.45) is 5.73 Å². The number of hydrogen-bond donors (Lipinski definition) is 1. The second-order valence-electron chi connectivity index (χ2n) is 5.81. The zero-order chi connectivity index (χ0) is 17.4. The molecule has 5 nitrogen and oxygen atoms in total. The molecule has 0 unspecified atom stereocenters. The summed E-state index contributed by atoms with van der Waals surface area (Å²) in [4.78, 5) is 20.1. The van der Waals surface area contributed by atoms with E-state index < -0.39 is 11.7 Å². The van der Waals surface area contributed by atoms with Gasteiger partial charge in [0, 0.05) is 18.2 Å². The molecular formula is C17H17ClFN3O2. The molecular weight excluding hydrogens is 333 g/mol. The van der Waals surface area contributed by atoms with E-state index >= 15 is 0 Å². The lowest BCUT2D eigenvalue weighted by atomic mass is 9.91. The van der Waals surface area contributed by atoms with E-state index in [2.05, 4.69) is 9.97 Å². The summed E-state index contributed by atoms with van der Waals surface area (Å²) in [6, 6.07) is 2.69. The van der Waals surface area contributed by atoms with E-state index in [0.29, 0.717) is 24.1 Å². The fourth-order valence-electron chi connectivity index (χ4n) is 2.99. The van der Waals surface area contributed by atoms with Crippen LogP contribution in [0.1, 0.15) is 48.1 Å². The molecule has 0 aromatic carbocycles. The number of nitrogens with two attached hydrogens (primary N) is 1. The molecule has 0 saturated heterocycles. The van der Waals surface area contributed by atoms with E-state index in [1.165, 1.54) is 18.3 Å². The normalized spacial score (nSPS) is 19.8. The number of carbonyl (C=O) groups excluding carboxylic acids is 1. The van der Waals surface area contributed by atoms with Crippen molar-refractivity contribution in [2.45, 2.75) is 38.9 Å². The second kappa shape index (κ2) is 6.45. The van der Waals surface area contributed by atoms with Crippen molar-refractivity contribution in [2.75, 3.05) is 0 Å². The van der Waals surface area contributed by atoms with Crippen LogP contribution in [-0.2, 0) is 11.2 Å².